The molecule has 1 fully saturated rings. The molecule has 1 N–H and O–H groups in total. The summed E-state index contributed by atoms with van der Waals surface area (Å²) >= 11 is 0. The van der Waals surface area contributed by atoms with E-state index in [-0.39, 0.29) is 23.9 Å². The van der Waals surface area contributed by atoms with Crippen molar-refractivity contribution < 1.29 is 14.3 Å². The lowest BCUT2D eigenvalue weighted by Crippen LogP contribution is -2.43. The van der Waals surface area contributed by atoms with E-state index < -0.39 is 0 Å². The second-order valence-corrected chi connectivity index (χ2v) is 8.07. The molecule has 0 bridgehead atoms. The Bertz CT molecular complexity index is 904. The van der Waals surface area contributed by atoms with Gasteiger partial charge in [-0.15, -0.1) is 5.10 Å². The number of amides is 2. The summed E-state index contributed by atoms with van der Waals surface area (Å²) in [6.07, 6.45) is 9.01. The van der Waals surface area contributed by atoms with Crippen LogP contribution >= 0.6 is 0 Å². The van der Waals surface area contributed by atoms with Gasteiger partial charge < -0.3 is 15.0 Å². The molecule has 1 atom stereocenters. The number of nitrogens with one attached hydrogen (secondary N) is 1. The molecule has 3 rings (SSSR count). The Morgan fingerprint density at radius 2 is 2.03 bits per heavy atom. The minimum atomic E-state index is -0.223. The van der Waals surface area contributed by atoms with Crippen molar-refractivity contribution in [2.45, 2.75) is 58.2 Å². The molecule has 1 aliphatic rings. The van der Waals surface area contributed by atoms with Crippen LogP contribution in [0.5, 0.6) is 5.75 Å². The fourth-order valence-corrected chi connectivity index (χ4v) is 3.70. The van der Waals surface area contributed by atoms with Gasteiger partial charge in [0.15, 0.2) is 5.69 Å². The van der Waals surface area contributed by atoms with Crippen molar-refractivity contribution in [2.24, 2.45) is 0 Å². The summed E-state index contributed by atoms with van der Waals surface area (Å²) in [6, 6.07) is 7.80. The van der Waals surface area contributed by atoms with Gasteiger partial charge in [0.1, 0.15) is 5.75 Å². The van der Waals surface area contributed by atoms with Gasteiger partial charge in [-0.2, -0.15) is 0 Å². The van der Waals surface area contributed by atoms with Crippen molar-refractivity contribution in [3.8, 4) is 5.75 Å². The van der Waals surface area contributed by atoms with E-state index in [4.69, 9.17) is 4.74 Å². The van der Waals surface area contributed by atoms with Crippen LogP contribution in [0.25, 0.3) is 6.08 Å². The average molecular weight is 426 g/mol. The minimum Gasteiger partial charge on any atom is -0.497 e. The fraction of sp³-hybridized carbons (Fsp3) is 0.478. The van der Waals surface area contributed by atoms with Gasteiger partial charge in [-0.3, -0.25) is 14.3 Å². The zero-order valence-corrected chi connectivity index (χ0v) is 18.5. The summed E-state index contributed by atoms with van der Waals surface area (Å²) in [6.45, 7) is 5.18. The number of piperidine rings is 1. The number of carbonyl (C=O) groups excluding carboxylic acids is 2. The second-order valence-electron chi connectivity index (χ2n) is 8.07. The molecule has 166 valence electrons. The molecule has 31 heavy (non-hydrogen) atoms. The van der Waals surface area contributed by atoms with Crippen molar-refractivity contribution in [1.29, 1.82) is 0 Å². The van der Waals surface area contributed by atoms with Crippen LogP contribution in [-0.4, -0.2) is 57.4 Å². The van der Waals surface area contributed by atoms with E-state index in [2.05, 4.69) is 15.6 Å². The first-order chi connectivity index (χ1) is 15.0. The molecule has 1 aromatic heterocycles. The van der Waals surface area contributed by atoms with E-state index in [0.717, 1.165) is 43.5 Å². The standard InChI is InChI=1S/C23H31N5O3/c1-17(2)24-23(30)21-16-27(26-25-21)15-13-19-6-4-5-14-28(19)22(29)12-9-18-7-10-20(31-3)11-8-18/h7-12,16-17,19H,4-6,13-15H2,1-3H3,(H,24,30)/b12-9+. The zero-order valence-electron chi connectivity index (χ0n) is 18.5. The maximum absolute atomic E-state index is 12.8. The lowest BCUT2D eigenvalue weighted by molar-refractivity contribution is -0.129. The molecule has 8 nitrogen and oxygen atoms in total. The predicted molar refractivity (Wildman–Crippen MR) is 119 cm³/mol. The molecule has 1 unspecified atom stereocenters. The van der Waals surface area contributed by atoms with E-state index in [9.17, 15) is 9.59 Å². The summed E-state index contributed by atoms with van der Waals surface area (Å²) < 4.78 is 6.85. The van der Waals surface area contributed by atoms with Crippen molar-refractivity contribution in [2.75, 3.05) is 13.7 Å². The van der Waals surface area contributed by atoms with E-state index >= 15 is 0 Å². The number of rotatable bonds is 8. The normalized spacial score (nSPS) is 16.6. The lowest BCUT2D eigenvalue weighted by atomic mass is 9.99. The van der Waals surface area contributed by atoms with Crippen LogP contribution in [0.15, 0.2) is 36.5 Å². The maximum atomic E-state index is 12.8. The highest BCUT2D eigenvalue weighted by Gasteiger charge is 2.25. The molecule has 2 amide bonds. The van der Waals surface area contributed by atoms with Crippen LogP contribution in [0, 0.1) is 0 Å². The third-order valence-electron chi connectivity index (χ3n) is 5.33. The van der Waals surface area contributed by atoms with Crippen molar-refractivity contribution in [1.82, 2.24) is 25.2 Å². The summed E-state index contributed by atoms with van der Waals surface area (Å²) in [5.41, 5.74) is 1.27. The number of ether oxygens (including phenoxy) is 1. The topological polar surface area (TPSA) is 89.4 Å². The quantitative estimate of drug-likeness (QED) is 0.657. The highest BCUT2D eigenvalue weighted by atomic mass is 16.5. The van der Waals surface area contributed by atoms with Crippen molar-refractivity contribution >= 4 is 17.9 Å². The van der Waals surface area contributed by atoms with Gasteiger partial charge >= 0.3 is 0 Å². The number of hydrogen-bond donors (Lipinski definition) is 1. The Labute approximate surface area is 183 Å². The van der Waals surface area contributed by atoms with Crippen LogP contribution in [0.2, 0.25) is 0 Å². The highest BCUT2D eigenvalue weighted by Crippen LogP contribution is 2.21. The van der Waals surface area contributed by atoms with Gasteiger partial charge in [-0.25, -0.2) is 0 Å². The number of benzene rings is 1. The minimum absolute atomic E-state index is 0.0242. The van der Waals surface area contributed by atoms with Gasteiger partial charge in [0, 0.05) is 31.2 Å². The number of methoxy groups -OCH3 is 1. The van der Waals surface area contributed by atoms with Crippen LogP contribution < -0.4 is 10.1 Å². The number of aromatic nitrogens is 3. The summed E-state index contributed by atoms with van der Waals surface area (Å²) in [4.78, 5) is 26.8. The Hall–Kier alpha value is -3.16. The van der Waals surface area contributed by atoms with Crippen LogP contribution in [0.3, 0.4) is 0 Å². The fourth-order valence-electron chi connectivity index (χ4n) is 3.70. The number of aryl methyl sites for hydroxylation is 1. The van der Waals surface area contributed by atoms with Crippen LogP contribution in [0.4, 0.5) is 0 Å². The van der Waals surface area contributed by atoms with Crippen LogP contribution in [-0.2, 0) is 11.3 Å². The molecule has 0 spiro atoms. The van der Waals surface area contributed by atoms with Gasteiger partial charge in [-0.1, -0.05) is 17.3 Å². The smallest absolute Gasteiger partial charge is 0.273 e. The Kier molecular flexibility index (Phi) is 7.81. The first-order valence-electron chi connectivity index (χ1n) is 10.8. The Morgan fingerprint density at radius 1 is 1.26 bits per heavy atom. The third kappa shape index (κ3) is 6.41. The Morgan fingerprint density at radius 3 is 2.74 bits per heavy atom. The number of carbonyl (C=O) groups is 2. The van der Waals surface area contributed by atoms with Crippen molar-refractivity contribution in [3.05, 3.63) is 47.8 Å². The van der Waals surface area contributed by atoms with E-state index in [0.29, 0.717) is 12.2 Å². The van der Waals surface area contributed by atoms with Gasteiger partial charge in [0.2, 0.25) is 5.91 Å². The second kappa shape index (κ2) is 10.7. The number of nitrogens with zero attached hydrogens (tertiary/aromatic N) is 4. The van der Waals surface area contributed by atoms with Crippen LogP contribution in [0.1, 0.15) is 55.6 Å². The van der Waals surface area contributed by atoms with Gasteiger partial charge in [-0.05, 0) is 63.3 Å². The molecule has 0 aliphatic carbocycles. The summed E-state index contributed by atoms with van der Waals surface area (Å²) in [5.74, 6) is 0.591. The maximum Gasteiger partial charge on any atom is 0.273 e. The van der Waals surface area contributed by atoms with Crippen molar-refractivity contribution in [3.63, 3.8) is 0 Å². The molecule has 1 aromatic carbocycles. The number of likely N-dealkylation sites (tertiary alicyclic amines) is 1. The molecule has 2 heterocycles. The zero-order chi connectivity index (χ0) is 22.2. The van der Waals surface area contributed by atoms with E-state index in [1.54, 1.807) is 24.1 Å². The SMILES string of the molecule is COc1ccc(/C=C/C(=O)N2CCCCC2CCn2cc(C(=O)NC(C)C)nn2)cc1. The van der Waals surface area contributed by atoms with E-state index in [1.807, 2.05) is 49.1 Å². The number of hydrogen-bond acceptors (Lipinski definition) is 5. The first-order valence-corrected chi connectivity index (χ1v) is 10.8. The monoisotopic (exact) mass is 425 g/mol. The summed E-state index contributed by atoms with van der Waals surface area (Å²) in [7, 11) is 1.63. The van der Waals surface area contributed by atoms with Gasteiger partial charge in [0.25, 0.3) is 5.91 Å². The molecule has 0 saturated carbocycles. The average Bonchev–Trinajstić information content (AvgIpc) is 3.25. The van der Waals surface area contributed by atoms with Gasteiger partial charge in [0.05, 0.1) is 13.3 Å². The molecule has 0 radical (unpaired) electrons. The summed E-state index contributed by atoms with van der Waals surface area (Å²) in [5, 5.41) is 10.8. The lowest BCUT2D eigenvalue weighted by Gasteiger charge is -2.35. The molecular formula is C23H31N5O3. The Balaban J connectivity index is 1.57. The third-order valence-corrected chi connectivity index (χ3v) is 5.33. The molecule has 1 aliphatic heterocycles. The molecule has 8 heteroatoms. The molecular weight excluding hydrogens is 394 g/mol. The van der Waals surface area contributed by atoms with E-state index in [1.165, 1.54) is 0 Å². The largest absolute Gasteiger partial charge is 0.497 e. The molecule has 1 saturated heterocycles. The highest BCUT2D eigenvalue weighted by molar-refractivity contribution is 5.92. The first kappa shape index (κ1) is 22.5. The predicted octanol–water partition coefficient (Wildman–Crippen LogP) is 2.91. The molecule has 2 aromatic rings.